The van der Waals surface area contributed by atoms with Crippen LogP contribution in [0, 0.1) is 0 Å². The molecule has 0 bridgehead atoms. The zero-order valence-corrected chi connectivity index (χ0v) is 16.9. The maximum atomic E-state index is 11.4. The Morgan fingerprint density at radius 1 is 1.07 bits per heavy atom. The fraction of sp³-hybridized carbons (Fsp3) is 0.667. The van der Waals surface area contributed by atoms with Crippen molar-refractivity contribution >= 4 is 5.91 Å². The molecule has 8 nitrogen and oxygen atoms in total. The number of nitrogens with one attached hydrogen (secondary N) is 1. The second-order valence-corrected chi connectivity index (χ2v) is 7.26. The molecule has 1 fully saturated rings. The van der Waals surface area contributed by atoms with Gasteiger partial charge in [-0.2, -0.15) is 0 Å². The minimum absolute atomic E-state index is 0.364. The van der Waals surface area contributed by atoms with Crippen molar-refractivity contribution in [1.29, 1.82) is 0 Å². The van der Waals surface area contributed by atoms with Crippen LogP contribution in [-0.4, -0.2) is 71.7 Å². The number of carbonyl (C=O) groups excluding carboxylic acids is 1. The molecule has 5 atom stereocenters. The van der Waals surface area contributed by atoms with Crippen LogP contribution in [0.3, 0.4) is 0 Å². The summed E-state index contributed by atoms with van der Waals surface area (Å²) in [5.74, 6) is -0.364. The highest BCUT2D eigenvalue weighted by Gasteiger charge is 2.45. The van der Waals surface area contributed by atoms with Gasteiger partial charge < -0.3 is 34.8 Å². The van der Waals surface area contributed by atoms with Crippen molar-refractivity contribution in [3.05, 3.63) is 35.9 Å². The molecule has 0 saturated carbocycles. The van der Waals surface area contributed by atoms with Crippen LogP contribution in [0.15, 0.2) is 30.3 Å². The lowest BCUT2D eigenvalue weighted by Gasteiger charge is -2.42. The highest BCUT2D eigenvalue weighted by atomic mass is 16.7. The average molecular weight is 411 g/mol. The summed E-state index contributed by atoms with van der Waals surface area (Å²) < 4.78 is 16.9. The van der Waals surface area contributed by atoms with Crippen LogP contribution in [0.25, 0.3) is 0 Å². The maximum absolute atomic E-state index is 11.4. The summed E-state index contributed by atoms with van der Waals surface area (Å²) in [7, 11) is 0. The first kappa shape index (κ1) is 23.7. The molecule has 0 unspecified atom stereocenters. The van der Waals surface area contributed by atoms with Gasteiger partial charge in [0.15, 0.2) is 6.29 Å². The van der Waals surface area contributed by atoms with E-state index in [4.69, 9.17) is 14.2 Å². The van der Waals surface area contributed by atoms with E-state index in [1.165, 1.54) is 6.92 Å². The first-order chi connectivity index (χ1) is 14.0. The summed E-state index contributed by atoms with van der Waals surface area (Å²) in [6.45, 7) is 2.57. The van der Waals surface area contributed by atoms with E-state index in [1.54, 1.807) is 0 Å². The lowest BCUT2D eigenvalue weighted by atomic mass is 9.97. The molecule has 164 valence electrons. The van der Waals surface area contributed by atoms with Gasteiger partial charge in [-0.1, -0.05) is 43.2 Å². The molecule has 8 heteroatoms. The van der Waals surface area contributed by atoms with Gasteiger partial charge in [0.25, 0.3) is 0 Å². The van der Waals surface area contributed by atoms with Crippen molar-refractivity contribution in [1.82, 2.24) is 5.32 Å². The molecule has 1 aliphatic heterocycles. The summed E-state index contributed by atoms with van der Waals surface area (Å²) in [5.41, 5.74) is 1.16. The Kier molecular flexibility index (Phi) is 10.5. The number of ether oxygens (including phenoxy) is 3. The van der Waals surface area contributed by atoms with E-state index < -0.39 is 37.3 Å². The van der Waals surface area contributed by atoms with Crippen molar-refractivity contribution in [2.24, 2.45) is 0 Å². The maximum Gasteiger partial charge on any atom is 0.217 e. The molecule has 1 heterocycles. The Bertz CT molecular complexity index is 586. The van der Waals surface area contributed by atoms with E-state index in [2.05, 4.69) is 5.32 Å². The van der Waals surface area contributed by atoms with Crippen molar-refractivity contribution in [2.75, 3.05) is 19.8 Å². The third kappa shape index (κ3) is 8.00. The van der Waals surface area contributed by atoms with Crippen LogP contribution < -0.4 is 5.32 Å². The molecule has 29 heavy (non-hydrogen) atoms. The highest BCUT2D eigenvalue weighted by molar-refractivity contribution is 5.73. The minimum Gasteiger partial charge on any atom is -0.394 e. The van der Waals surface area contributed by atoms with Gasteiger partial charge in [-0.15, -0.1) is 0 Å². The molecule has 0 spiro atoms. The molecule has 0 radical (unpaired) electrons. The van der Waals surface area contributed by atoms with Gasteiger partial charge >= 0.3 is 0 Å². The largest absolute Gasteiger partial charge is 0.394 e. The summed E-state index contributed by atoms with van der Waals surface area (Å²) in [4.78, 5) is 11.4. The first-order valence-corrected chi connectivity index (χ1v) is 10.2. The standard InChI is InChI=1S/C21H33NO7/c1-15(24)22-18-20(26)19(25)17(13-23)29-21(18)28-12-8-3-2-7-11-27-14-16-9-5-4-6-10-16/h4-6,9-10,17-21,23,25-26H,2-3,7-8,11-14H2,1H3,(H,22,24)/t17-,18-,19-,20-,21-/m1/s1. The Morgan fingerprint density at radius 2 is 1.76 bits per heavy atom. The van der Waals surface area contributed by atoms with Crippen LogP contribution in [-0.2, 0) is 25.6 Å². The fourth-order valence-corrected chi connectivity index (χ4v) is 3.24. The Labute approximate surface area is 171 Å². The lowest BCUT2D eigenvalue weighted by molar-refractivity contribution is -0.270. The molecular weight excluding hydrogens is 378 g/mol. The Hall–Kier alpha value is -1.55. The third-order valence-corrected chi connectivity index (χ3v) is 4.83. The van der Waals surface area contributed by atoms with Crippen molar-refractivity contribution in [3.8, 4) is 0 Å². The smallest absolute Gasteiger partial charge is 0.217 e. The molecule has 1 aromatic carbocycles. The molecule has 1 aliphatic rings. The number of aliphatic hydroxyl groups excluding tert-OH is 3. The third-order valence-electron chi connectivity index (χ3n) is 4.83. The van der Waals surface area contributed by atoms with Gasteiger partial charge in [-0.3, -0.25) is 4.79 Å². The predicted molar refractivity (Wildman–Crippen MR) is 106 cm³/mol. The van der Waals surface area contributed by atoms with E-state index in [9.17, 15) is 20.1 Å². The topological polar surface area (TPSA) is 117 Å². The Morgan fingerprint density at radius 3 is 2.41 bits per heavy atom. The Balaban J connectivity index is 1.61. The van der Waals surface area contributed by atoms with Gasteiger partial charge in [0.05, 0.1) is 13.2 Å². The number of benzene rings is 1. The number of carbonyl (C=O) groups is 1. The van der Waals surface area contributed by atoms with E-state index in [-0.39, 0.29) is 5.91 Å². The van der Waals surface area contributed by atoms with Crippen LogP contribution in [0.1, 0.15) is 38.2 Å². The van der Waals surface area contributed by atoms with Gasteiger partial charge in [0, 0.05) is 20.1 Å². The van der Waals surface area contributed by atoms with Crippen molar-refractivity contribution in [2.45, 2.75) is 69.9 Å². The van der Waals surface area contributed by atoms with Crippen LogP contribution in [0.5, 0.6) is 0 Å². The van der Waals surface area contributed by atoms with Crippen molar-refractivity contribution in [3.63, 3.8) is 0 Å². The molecule has 1 aromatic rings. The zero-order valence-electron chi connectivity index (χ0n) is 16.9. The van der Waals surface area contributed by atoms with Gasteiger partial charge in [0.1, 0.15) is 24.4 Å². The minimum atomic E-state index is -1.30. The van der Waals surface area contributed by atoms with Gasteiger partial charge in [-0.05, 0) is 18.4 Å². The van der Waals surface area contributed by atoms with Crippen LogP contribution >= 0.6 is 0 Å². The van der Waals surface area contributed by atoms with E-state index >= 15 is 0 Å². The molecule has 1 amide bonds. The van der Waals surface area contributed by atoms with Crippen molar-refractivity contribution < 1.29 is 34.3 Å². The second kappa shape index (κ2) is 12.9. The summed E-state index contributed by atoms with van der Waals surface area (Å²) in [5, 5.41) is 32.0. The number of hydrogen-bond donors (Lipinski definition) is 4. The first-order valence-electron chi connectivity index (χ1n) is 10.2. The average Bonchev–Trinajstić information content (AvgIpc) is 2.72. The fourth-order valence-electron chi connectivity index (χ4n) is 3.24. The number of hydrogen-bond acceptors (Lipinski definition) is 7. The molecule has 0 aliphatic carbocycles. The van der Waals surface area contributed by atoms with E-state index in [1.807, 2.05) is 30.3 Å². The molecule has 2 rings (SSSR count). The monoisotopic (exact) mass is 411 g/mol. The van der Waals surface area contributed by atoms with E-state index in [0.717, 1.165) is 31.2 Å². The predicted octanol–water partition coefficient (Wildman–Crippen LogP) is 0.724. The normalized spacial score (nSPS) is 27.0. The SMILES string of the molecule is CC(=O)N[C@H]1[C@H](OCCCCCCOCc2ccccc2)O[C@H](CO)[C@@H](O)[C@@H]1O. The molecule has 1 saturated heterocycles. The number of rotatable bonds is 12. The summed E-state index contributed by atoms with van der Waals surface area (Å²) >= 11 is 0. The molecule has 0 aromatic heterocycles. The molecular formula is C21H33NO7. The van der Waals surface area contributed by atoms with Crippen LogP contribution in [0.2, 0.25) is 0 Å². The number of unbranched alkanes of at least 4 members (excludes halogenated alkanes) is 3. The van der Waals surface area contributed by atoms with Gasteiger partial charge in [-0.25, -0.2) is 0 Å². The zero-order chi connectivity index (χ0) is 21.1. The summed E-state index contributed by atoms with van der Waals surface area (Å²) in [6, 6.07) is 9.15. The number of aliphatic hydroxyl groups is 3. The number of amides is 1. The van der Waals surface area contributed by atoms with Gasteiger partial charge in [0.2, 0.25) is 5.91 Å². The highest BCUT2D eigenvalue weighted by Crippen LogP contribution is 2.22. The molecule has 4 N–H and O–H groups in total. The second-order valence-electron chi connectivity index (χ2n) is 7.26. The lowest BCUT2D eigenvalue weighted by Crippen LogP contribution is -2.64. The van der Waals surface area contributed by atoms with Crippen LogP contribution in [0.4, 0.5) is 0 Å². The van der Waals surface area contributed by atoms with E-state index in [0.29, 0.717) is 19.8 Å². The summed E-state index contributed by atoms with van der Waals surface area (Å²) in [6.07, 6.45) is -0.776. The quantitative estimate of drug-likeness (QED) is 0.375.